The van der Waals surface area contributed by atoms with Crippen LogP contribution in [-0.2, 0) is 24.3 Å². The molecule has 3 fully saturated rings. The van der Waals surface area contributed by atoms with Gasteiger partial charge in [0.25, 0.3) is 0 Å². The molecule has 27 heavy (non-hydrogen) atoms. The first kappa shape index (κ1) is 18.2. The molecule has 2 aromatic rings. The van der Waals surface area contributed by atoms with Crippen molar-refractivity contribution in [2.24, 2.45) is 5.92 Å². The molecule has 5 nitrogen and oxygen atoms in total. The zero-order chi connectivity index (χ0) is 18.6. The third kappa shape index (κ3) is 4.24. The molecule has 4 heterocycles. The minimum absolute atomic E-state index is 0.296. The highest BCUT2D eigenvalue weighted by Crippen LogP contribution is 2.29. The second-order valence-electron chi connectivity index (χ2n) is 7.95. The second-order valence-corrected chi connectivity index (χ2v) is 7.95. The lowest BCUT2D eigenvalue weighted by Gasteiger charge is -2.36. The van der Waals surface area contributed by atoms with Crippen LogP contribution in [0.3, 0.4) is 0 Å². The summed E-state index contributed by atoms with van der Waals surface area (Å²) >= 11 is 0. The number of nitrogens with zero attached hydrogens (tertiary/aromatic N) is 4. The van der Waals surface area contributed by atoms with E-state index in [1.54, 1.807) is 0 Å². The molecule has 5 rings (SSSR count). The van der Waals surface area contributed by atoms with Gasteiger partial charge in [-0.15, -0.1) is 0 Å². The maximum absolute atomic E-state index is 12.9. The molecule has 3 saturated heterocycles. The number of carbonyl (C=O) groups is 1. The van der Waals surface area contributed by atoms with E-state index < -0.39 is 0 Å². The van der Waals surface area contributed by atoms with Crippen LogP contribution in [0.1, 0.15) is 37.6 Å². The number of hydrogen-bond donors (Lipinski definition) is 0. The summed E-state index contributed by atoms with van der Waals surface area (Å²) in [5.41, 5.74) is 1.37. The van der Waals surface area contributed by atoms with Crippen molar-refractivity contribution in [2.75, 3.05) is 19.6 Å². The van der Waals surface area contributed by atoms with Crippen LogP contribution in [-0.4, -0.2) is 50.9 Å². The number of imidazole rings is 1. The van der Waals surface area contributed by atoms with Gasteiger partial charge in [-0.1, -0.05) is 37.3 Å². The molecule has 3 aliphatic rings. The molecule has 5 heteroatoms. The van der Waals surface area contributed by atoms with Crippen molar-refractivity contribution in [2.45, 2.75) is 51.7 Å². The van der Waals surface area contributed by atoms with Crippen molar-refractivity contribution in [3.8, 4) is 0 Å². The Morgan fingerprint density at radius 3 is 2.81 bits per heavy atom. The number of carbonyl (C=O) groups excluding carboxylic acids is 1. The molecule has 2 bridgehead atoms. The fourth-order valence-corrected chi connectivity index (χ4v) is 4.63. The van der Waals surface area contributed by atoms with Crippen LogP contribution in [0, 0.1) is 5.92 Å². The minimum Gasteiger partial charge on any atom is -0.341 e. The lowest BCUT2D eigenvalue weighted by Crippen LogP contribution is -2.44. The van der Waals surface area contributed by atoms with Crippen LogP contribution < -0.4 is 0 Å². The largest absolute Gasteiger partial charge is 0.341 e. The lowest BCUT2D eigenvalue weighted by atomic mass is 9.94. The van der Waals surface area contributed by atoms with Crippen molar-refractivity contribution in [3.05, 3.63) is 54.1 Å². The molecule has 1 amide bonds. The van der Waals surface area contributed by atoms with Gasteiger partial charge in [-0.25, -0.2) is 4.98 Å². The van der Waals surface area contributed by atoms with Gasteiger partial charge in [-0.05, 0) is 24.3 Å². The van der Waals surface area contributed by atoms with Gasteiger partial charge in [0, 0.05) is 64.0 Å². The van der Waals surface area contributed by atoms with Crippen molar-refractivity contribution in [1.82, 2.24) is 19.4 Å². The standard InChI is InChI=1S/C22H30N4O/c1-2-21-23-11-13-24(21)12-10-22(27)26-16-19-8-9-20(17-26)25(15-19)14-18-6-4-3-5-7-18/h3-7,11,13,19-20H,2,8-10,12,14-17H2,1H3/t19-,20-/m1/s1. The fraction of sp³-hybridized carbons (Fsp3) is 0.545. The maximum atomic E-state index is 12.9. The molecule has 0 saturated carbocycles. The number of amides is 1. The van der Waals surface area contributed by atoms with Gasteiger partial charge in [-0.3, -0.25) is 9.69 Å². The average Bonchev–Trinajstić information content (AvgIpc) is 2.96. The van der Waals surface area contributed by atoms with E-state index in [1.807, 2.05) is 12.4 Å². The van der Waals surface area contributed by atoms with Crippen molar-refractivity contribution < 1.29 is 4.79 Å². The number of hydrogen-bond acceptors (Lipinski definition) is 3. The molecule has 1 aromatic carbocycles. The molecule has 0 N–H and O–H groups in total. The van der Waals surface area contributed by atoms with Crippen LogP contribution in [0.5, 0.6) is 0 Å². The third-order valence-electron chi connectivity index (χ3n) is 6.09. The van der Waals surface area contributed by atoms with E-state index in [0.717, 1.165) is 45.0 Å². The van der Waals surface area contributed by atoms with Crippen LogP contribution in [0.25, 0.3) is 0 Å². The van der Waals surface area contributed by atoms with E-state index in [2.05, 4.69) is 56.6 Å². The predicted molar refractivity (Wildman–Crippen MR) is 106 cm³/mol. The zero-order valence-electron chi connectivity index (χ0n) is 16.3. The number of piperidine rings is 1. The third-order valence-corrected chi connectivity index (χ3v) is 6.09. The van der Waals surface area contributed by atoms with Crippen molar-refractivity contribution in [3.63, 3.8) is 0 Å². The number of aryl methyl sites for hydroxylation is 2. The molecular formula is C22H30N4O. The minimum atomic E-state index is 0.296. The van der Waals surface area contributed by atoms with E-state index in [4.69, 9.17) is 0 Å². The van der Waals surface area contributed by atoms with E-state index in [-0.39, 0.29) is 0 Å². The molecule has 144 valence electrons. The van der Waals surface area contributed by atoms with Crippen LogP contribution in [0.2, 0.25) is 0 Å². The van der Waals surface area contributed by atoms with Crippen molar-refractivity contribution in [1.29, 1.82) is 0 Å². The highest BCUT2D eigenvalue weighted by atomic mass is 16.2. The second kappa shape index (κ2) is 8.26. The quantitative estimate of drug-likeness (QED) is 0.789. The summed E-state index contributed by atoms with van der Waals surface area (Å²) in [6.07, 6.45) is 7.76. The zero-order valence-corrected chi connectivity index (χ0v) is 16.3. The Bertz CT molecular complexity index is 757. The predicted octanol–water partition coefficient (Wildman–Crippen LogP) is 2.96. The van der Waals surface area contributed by atoms with Crippen LogP contribution in [0.4, 0.5) is 0 Å². The fourth-order valence-electron chi connectivity index (χ4n) is 4.63. The summed E-state index contributed by atoms with van der Waals surface area (Å²) in [4.78, 5) is 22.0. The van der Waals surface area contributed by atoms with Crippen LogP contribution >= 0.6 is 0 Å². The lowest BCUT2D eigenvalue weighted by molar-refractivity contribution is -0.131. The highest BCUT2D eigenvalue weighted by Gasteiger charge is 2.36. The molecule has 0 radical (unpaired) electrons. The summed E-state index contributed by atoms with van der Waals surface area (Å²) < 4.78 is 2.12. The Morgan fingerprint density at radius 2 is 2.00 bits per heavy atom. The first-order valence-corrected chi connectivity index (χ1v) is 10.3. The Balaban J connectivity index is 1.37. The van der Waals surface area contributed by atoms with E-state index in [1.165, 1.54) is 18.4 Å². The highest BCUT2D eigenvalue weighted by molar-refractivity contribution is 5.76. The number of fused-ring (bicyclic) bond motifs is 4. The van der Waals surface area contributed by atoms with Gasteiger partial charge in [0.2, 0.25) is 5.91 Å². The monoisotopic (exact) mass is 366 g/mol. The van der Waals surface area contributed by atoms with E-state index >= 15 is 0 Å². The first-order valence-electron chi connectivity index (χ1n) is 10.3. The van der Waals surface area contributed by atoms with Gasteiger partial charge in [0.1, 0.15) is 5.82 Å². The number of benzene rings is 1. The smallest absolute Gasteiger partial charge is 0.224 e. The molecule has 0 unspecified atom stereocenters. The average molecular weight is 367 g/mol. The van der Waals surface area contributed by atoms with Crippen molar-refractivity contribution >= 4 is 5.91 Å². The first-order chi connectivity index (χ1) is 13.2. The molecule has 2 atom stereocenters. The molecular weight excluding hydrogens is 336 g/mol. The van der Waals surface area contributed by atoms with E-state index in [0.29, 0.717) is 24.3 Å². The van der Waals surface area contributed by atoms with E-state index in [9.17, 15) is 4.79 Å². The number of rotatable bonds is 6. The van der Waals surface area contributed by atoms with Gasteiger partial charge >= 0.3 is 0 Å². The molecule has 0 aliphatic carbocycles. The van der Waals surface area contributed by atoms with Gasteiger partial charge in [0.05, 0.1) is 0 Å². The van der Waals surface area contributed by atoms with Gasteiger partial charge < -0.3 is 9.47 Å². The topological polar surface area (TPSA) is 41.4 Å². The summed E-state index contributed by atoms with van der Waals surface area (Å²) in [6.45, 7) is 6.76. The summed E-state index contributed by atoms with van der Waals surface area (Å²) in [5.74, 6) is 1.97. The summed E-state index contributed by atoms with van der Waals surface area (Å²) in [5, 5.41) is 0. The van der Waals surface area contributed by atoms with Gasteiger partial charge in [-0.2, -0.15) is 0 Å². The Hall–Kier alpha value is -2.14. The molecule has 1 aromatic heterocycles. The number of aromatic nitrogens is 2. The Kier molecular flexibility index (Phi) is 5.58. The van der Waals surface area contributed by atoms with Crippen LogP contribution in [0.15, 0.2) is 42.7 Å². The molecule has 0 spiro atoms. The molecule has 3 aliphatic heterocycles. The normalized spacial score (nSPS) is 22.8. The Morgan fingerprint density at radius 1 is 1.15 bits per heavy atom. The van der Waals surface area contributed by atoms with Gasteiger partial charge in [0.15, 0.2) is 0 Å². The maximum Gasteiger partial charge on any atom is 0.224 e. The Labute approximate surface area is 162 Å². The SMILES string of the molecule is CCc1nccn1CCC(=O)N1C[C@@H]2CC[C@H](C1)N(Cc1ccccc1)C2. The summed E-state index contributed by atoms with van der Waals surface area (Å²) in [6, 6.07) is 11.2. The summed E-state index contributed by atoms with van der Waals surface area (Å²) in [7, 11) is 0.